The molecule has 0 unspecified atom stereocenters. The average molecular weight is 422 g/mol. The third-order valence-corrected chi connectivity index (χ3v) is 5.75. The zero-order chi connectivity index (χ0) is 21.1. The second-order valence-electron chi connectivity index (χ2n) is 7.49. The molecule has 1 aliphatic rings. The Hall–Kier alpha value is -3.56. The van der Waals surface area contributed by atoms with Crippen LogP contribution in [0.3, 0.4) is 0 Å². The standard InChI is InChI=1S/C27H20ClN3/c28-27(18-10-17-23(19-27)20-11-4-1-5-12-20)26-30-24(21-13-6-2-7-14-21)29-25(31-26)22-15-8-3-9-16-22/h1-18H,19H2/t27-/m1/s1. The first-order valence-corrected chi connectivity index (χ1v) is 10.6. The minimum absolute atomic E-state index is 0.555. The van der Waals surface area contributed by atoms with Crippen molar-refractivity contribution in [3.63, 3.8) is 0 Å². The highest BCUT2D eigenvalue weighted by Gasteiger charge is 2.34. The van der Waals surface area contributed by atoms with E-state index in [4.69, 9.17) is 26.6 Å². The first-order valence-electron chi connectivity index (χ1n) is 10.2. The van der Waals surface area contributed by atoms with Crippen LogP contribution in [0.25, 0.3) is 28.3 Å². The molecule has 150 valence electrons. The van der Waals surface area contributed by atoms with Crippen molar-refractivity contribution in [2.75, 3.05) is 0 Å². The number of hydrogen-bond donors (Lipinski definition) is 0. The van der Waals surface area contributed by atoms with Gasteiger partial charge in [-0.25, -0.2) is 15.0 Å². The summed E-state index contributed by atoms with van der Waals surface area (Å²) in [6.45, 7) is 0. The van der Waals surface area contributed by atoms with Crippen LogP contribution in [0.4, 0.5) is 0 Å². The van der Waals surface area contributed by atoms with E-state index < -0.39 is 4.87 Å². The summed E-state index contributed by atoms with van der Waals surface area (Å²) in [6.07, 6.45) is 6.67. The lowest BCUT2D eigenvalue weighted by Crippen LogP contribution is -2.23. The maximum atomic E-state index is 7.18. The van der Waals surface area contributed by atoms with E-state index in [1.165, 1.54) is 0 Å². The van der Waals surface area contributed by atoms with Crippen molar-refractivity contribution in [2.24, 2.45) is 0 Å². The van der Waals surface area contributed by atoms with Crippen molar-refractivity contribution in [1.82, 2.24) is 15.0 Å². The number of rotatable bonds is 4. The Bertz CT molecular complexity index is 1190. The van der Waals surface area contributed by atoms with E-state index in [9.17, 15) is 0 Å². The summed E-state index contributed by atoms with van der Waals surface area (Å²) in [5.41, 5.74) is 4.17. The van der Waals surface area contributed by atoms with E-state index in [1.54, 1.807) is 0 Å². The lowest BCUT2D eigenvalue weighted by Gasteiger charge is -2.27. The fraction of sp³-hybridized carbons (Fsp3) is 0.0741. The Balaban J connectivity index is 1.61. The van der Waals surface area contributed by atoms with Gasteiger partial charge in [-0.1, -0.05) is 109 Å². The summed E-state index contributed by atoms with van der Waals surface area (Å²) in [7, 11) is 0. The molecule has 5 rings (SSSR count). The molecular formula is C27H20ClN3. The fourth-order valence-electron chi connectivity index (χ4n) is 3.71. The molecule has 0 saturated carbocycles. The Morgan fingerprint density at radius 1 is 0.613 bits per heavy atom. The second-order valence-corrected chi connectivity index (χ2v) is 8.17. The summed E-state index contributed by atoms with van der Waals surface area (Å²) < 4.78 is 0. The van der Waals surface area contributed by atoms with Gasteiger partial charge in [-0.3, -0.25) is 0 Å². The highest BCUT2D eigenvalue weighted by molar-refractivity contribution is 6.25. The molecule has 0 saturated heterocycles. The molecule has 0 spiro atoms. The highest BCUT2D eigenvalue weighted by atomic mass is 35.5. The van der Waals surface area contributed by atoms with E-state index in [0.717, 1.165) is 22.3 Å². The molecule has 1 atom stereocenters. The van der Waals surface area contributed by atoms with Crippen molar-refractivity contribution in [3.8, 4) is 22.8 Å². The number of halogens is 1. The minimum atomic E-state index is -0.851. The lowest BCUT2D eigenvalue weighted by atomic mass is 9.88. The number of alkyl halides is 1. The second kappa shape index (κ2) is 8.29. The Morgan fingerprint density at radius 3 is 1.61 bits per heavy atom. The van der Waals surface area contributed by atoms with Crippen molar-refractivity contribution in [1.29, 1.82) is 0 Å². The van der Waals surface area contributed by atoms with Crippen LogP contribution in [0.5, 0.6) is 0 Å². The smallest absolute Gasteiger partial charge is 0.163 e. The van der Waals surface area contributed by atoms with Gasteiger partial charge >= 0.3 is 0 Å². The maximum absolute atomic E-state index is 7.18. The van der Waals surface area contributed by atoms with Crippen molar-refractivity contribution in [3.05, 3.63) is 121 Å². The highest BCUT2D eigenvalue weighted by Crippen LogP contribution is 2.41. The quantitative estimate of drug-likeness (QED) is 0.345. The molecule has 1 heterocycles. The number of allylic oxidation sites excluding steroid dienone is 4. The predicted octanol–water partition coefficient (Wildman–Crippen LogP) is 6.68. The maximum Gasteiger partial charge on any atom is 0.163 e. The molecule has 1 aromatic heterocycles. The molecule has 0 fully saturated rings. The van der Waals surface area contributed by atoms with Crippen LogP contribution in [0, 0.1) is 0 Å². The molecule has 0 radical (unpaired) electrons. The van der Waals surface area contributed by atoms with Crippen LogP contribution < -0.4 is 0 Å². The topological polar surface area (TPSA) is 38.7 Å². The summed E-state index contributed by atoms with van der Waals surface area (Å²) in [4.78, 5) is 13.5. The Labute approximate surface area is 186 Å². The molecule has 0 amide bonds. The summed E-state index contributed by atoms with van der Waals surface area (Å²) in [5.74, 6) is 1.79. The molecule has 0 aliphatic heterocycles. The van der Waals surface area contributed by atoms with E-state index in [-0.39, 0.29) is 0 Å². The third kappa shape index (κ3) is 4.05. The minimum Gasteiger partial charge on any atom is -0.211 e. The fourth-order valence-corrected chi connectivity index (χ4v) is 4.01. The van der Waals surface area contributed by atoms with Crippen molar-refractivity contribution < 1.29 is 0 Å². The Kier molecular flexibility index (Phi) is 5.19. The molecule has 0 bridgehead atoms. The predicted molar refractivity (Wildman–Crippen MR) is 126 cm³/mol. The van der Waals surface area contributed by atoms with E-state index in [0.29, 0.717) is 23.9 Å². The van der Waals surface area contributed by atoms with Crippen LogP contribution >= 0.6 is 11.6 Å². The molecule has 4 aromatic rings. The van der Waals surface area contributed by atoms with E-state index in [2.05, 4.69) is 18.2 Å². The number of benzene rings is 3. The monoisotopic (exact) mass is 421 g/mol. The van der Waals surface area contributed by atoms with Gasteiger partial charge in [-0.15, -0.1) is 11.6 Å². The van der Waals surface area contributed by atoms with Crippen LogP contribution in [-0.2, 0) is 4.87 Å². The number of hydrogen-bond acceptors (Lipinski definition) is 3. The average Bonchev–Trinajstić information content (AvgIpc) is 2.85. The van der Waals surface area contributed by atoms with Gasteiger partial charge in [0.05, 0.1) is 0 Å². The van der Waals surface area contributed by atoms with Gasteiger partial charge in [0.25, 0.3) is 0 Å². The number of nitrogens with zero attached hydrogens (tertiary/aromatic N) is 3. The first-order chi connectivity index (χ1) is 15.2. The largest absolute Gasteiger partial charge is 0.211 e. The van der Waals surface area contributed by atoms with Crippen molar-refractivity contribution in [2.45, 2.75) is 11.3 Å². The molecule has 3 nitrogen and oxygen atoms in total. The first kappa shape index (κ1) is 19.4. The van der Waals surface area contributed by atoms with Crippen LogP contribution in [0.15, 0.2) is 109 Å². The number of aromatic nitrogens is 3. The van der Waals surface area contributed by atoms with Crippen LogP contribution in [0.2, 0.25) is 0 Å². The van der Waals surface area contributed by atoms with Crippen LogP contribution in [-0.4, -0.2) is 15.0 Å². The van der Waals surface area contributed by atoms with Gasteiger partial charge in [0.2, 0.25) is 0 Å². The van der Waals surface area contributed by atoms with Gasteiger partial charge in [0.1, 0.15) is 4.87 Å². The molecule has 3 aromatic carbocycles. The SMILES string of the molecule is Cl[C@]1(c2nc(-c3ccccc3)nc(-c3ccccc3)n2)C=CC=C(c2ccccc2)C1. The van der Waals surface area contributed by atoms with Crippen LogP contribution in [0.1, 0.15) is 17.8 Å². The summed E-state index contributed by atoms with van der Waals surface area (Å²) >= 11 is 7.18. The van der Waals surface area contributed by atoms with Gasteiger partial charge in [0.15, 0.2) is 17.5 Å². The molecule has 1 aliphatic carbocycles. The Morgan fingerprint density at radius 2 is 1.10 bits per heavy atom. The van der Waals surface area contributed by atoms with E-state index in [1.807, 2.05) is 91.0 Å². The zero-order valence-electron chi connectivity index (χ0n) is 16.8. The molecule has 4 heteroatoms. The summed E-state index contributed by atoms with van der Waals surface area (Å²) in [5, 5.41) is 0. The van der Waals surface area contributed by atoms with Gasteiger partial charge < -0.3 is 0 Å². The summed E-state index contributed by atoms with van der Waals surface area (Å²) in [6, 6.07) is 30.2. The van der Waals surface area contributed by atoms with Gasteiger partial charge in [-0.2, -0.15) is 0 Å². The molecule has 31 heavy (non-hydrogen) atoms. The lowest BCUT2D eigenvalue weighted by molar-refractivity contribution is 0.701. The normalized spacial score (nSPS) is 17.9. The molecular weight excluding hydrogens is 402 g/mol. The third-order valence-electron chi connectivity index (χ3n) is 5.32. The molecule has 0 N–H and O–H groups in total. The van der Waals surface area contributed by atoms with Gasteiger partial charge in [0, 0.05) is 17.5 Å². The van der Waals surface area contributed by atoms with Gasteiger partial charge in [-0.05, 0) is 11.1 Å². The van der Waals surface area contributed by atoms with E-state index >= 15 is 0 Å². The zero-order valence-corrected chi connectivity index (χ0v) is 17.6. The van der Waals surface area contributed by atoms with Crippen molar-refractivity contribution >= 4 is 17.2 Å².